The largest absolute Gasteiger partial charge is 0.507 e. The fraction of sp³-hybridized carbons (Fsp3) is 0.316. The highest BCUT2D eigenvalue weighted by Crippen LogP contribution is 2.32. The van der Waals surface area contributed by atoms with Gasteiger partial charge >= 0.3 is 11.9 Å². The van der Waals surface area contributed by atoms with Crippen LogP contribution >= 0.6 is 0 Å². The van der Waals surface area contributed by atoms with Crippen LogP contribution in [-0.4, -0.2) is 43.8 Å². The summed E-state index contributed by atoms with van der Waals surface area (Å²) >= 11 is 0. The lowest BCUT2D eigenvalue weighted by Crippen LogP contribution is -2.09. The highest BCUT2D eigenvalue weighted by atomic mass is 32.2. The van der Waals surface area contributed by atoms with Crippen molar-refractivity contribution in [3.05, 3.63) is 108 Å². The van der Waals surface area contributed by atoms with Gasteiger partial charge in [0, 0.05) is 6.07 Å². The van der Waals surface area contributed by atoms with E-state index in [0.717, 1.165) is 38.2 Å². The summed E-state index contributed by atoms with van der Waals surface area (Å²) in [5.74, 6) is -0.687. The van der Waals surface area contributed by atoms with Gasteiger partial charge in [0.05, 0.1) is 29.2 Å². The average Bonchev–Trinajstić information content (AvgIpc) is 3.10. The van der Waals surface area contributed by atoms with E-state index in [4.69, 9.17) is 19.3 Å². The average molecular weight is 675 g/mol. The molecule has 48 heavy (non-hydrogen) atoms. The van der Waals surface area contributed by atoms with Crippen molar-refractivity contribution < 1.29 is 42.4 Å². The molecule has 0 atom stereocenters. The van der Waals surface area contributed by atoms with Crippen LogP contribution in [0.5, 0.6) is 23.0 Å². The summed E-state index contributed by atoms with van der Waals surface area (Å²) in [6, 6.07) is 24.5. The normalized spacial score (nSPS) is 11.2. The van der Waals surface area contributed by atoms with Crippen molar-refractivity contribution in [3.8, 4) is 23.0 Å². The first-order valence-corrected chi connectivity index (χ1v) is 17.8. The molecule has 0 amide bonds. The number of ether oxygens (including phenoxy) is 3. The molecule has 2 N–H and O–H groups in total. The highest BCUT2D eigenvalue weighted by Gasteiger charge is 2.23. The maximum absolute atomic E-state index is 13.0. The Morgan fingerprint density at radius 2 is 1.02 bits per heavy atom. The topological polar surface area (TPSA) is 136 Å². The number of hydrogen-bond acceptors (Lipinski definition) is 8. The summed E-state index contributed by atoms with van der Waals surface area (Å²) in [6.45, 7) is 1.22. The highest BCUT2D eigenvalue weighted by molar-refractivity contribution is 7.91. The molecule has 0 aliphatic rings. The third-order valence-corrected chi connectivity index (χ3v) is 9.55. The number of unbranched alkanes of at least 4 members (excludes halogenated alkanes) is 9. The fourth-order valence-corrected chi connectivity index (χ4v) is 6.43. The molecule has 0 spiro atoms. The zero-order chi connectivity index (χ0) is 34.2. The lowest BCUT2D eigenvalue weighted by molar-refractivity contribution is 0.0694. The number of aromatic carboxylic acids is 1. The molecule has 0 saturated heterocycles. The number of sulfone groups is 1. The number of carbonyl (C=O) groups is 2. The van der Waals surface area contributed by atoms with Gasteiger partial charge in [0.1, 0.15) is 27.9 Å². The van der Waals surface area contributed by atoms with Crippen LogP contribution in [0.1, 0.15) is 84.9 Å². The maximum Gasteiger partial charge on any atom is 0.343 e. The van der Waals surface area contributed by atoms with Crippen molar-refractivity contribution in [2.75, 3.05) is 13.2 Å². The number of carboxylic acid groups (broad SMARTS) is 1. The van der Waals surface area contributed by atoms with E-state index >= 15 is 0 Å². The molecule has 0 bridgehead atoms. The van der Waals surface area contributed by atoms with Gasteiger partial charge in [0.15, 0.2) is 0 Å². The Hall–Kier alpha value is -4.83. The van der Waals surface area contributed by atoms with Crippen molar-refractivity contribution in [3.63, 3.8) is 0 Å². The first-order valence-electron chi connectivity index (χ1n) is 16.3. The summed E-state index contributed by atoms with van der Waals surface area (Å²) < 4.78 is 42.8. The summed E-state index contributed by atoms with van der Waals surface area (Å²) in [6.07, 6.45) is 11.3. The van der Waals surface area contributed by atoms with Gasteiger partial charge < -0.3 is 24.4 Å². The lowest BCUT2D eigenvalue weighted by atomic mass is 10.1. The van der Waals surface area contributed by atoms with E-state index < -0.39 is 27.5 Å². The van der Waals surface area contributed by atoms with Gasteiger partial charge in [-0.1, -0.05) is 69.6 Å². The summed E-state index contributed by atoms with van der Waals surface area (Å²) in [4.78, 5) is 23.3. The van der Waals surface area contributed by atoms with Crippen LogP contribution in [0.4, 0.5) is 0 Å². The van der Waals surface area contributed by atoms with Crippen LogP contribution in [0, 0.1) is 0 Å². The minimum atomic E-state index is -4.00. The minimum Gasteiger partial charge on any atom is -0.507 e. The Kier molecular flexibility index (Phi) is 13.9. The number of carbonyl (C=O) groups excluding carboxylic acids is 1. The molecule has 10 heteroatoms. The van der Waals surface area contributed by atoms with Crippen LogP contribution in [0.3, 0.4) is 0 Å². The Bertz CT molecular complexity index is 1700. The summed E-state index contributed by atoms with van der Waals surface area (Å²) in [7, 11) is -4.00. The molecule has 254 valence electrons. The molecule has 0 saturated carbocycles. The number of carboxylic acids is 1. The number of phenolic OH excluding ortho intramolecular Hbond substituents is 1. The van der Waals surface area contributed by atoms with Gasteiger partial charge in [-0.2, -0.15) is 0 Å². The zero-order valence-electron chi connectivity index (χ0n) is 26.9. The van der Waals surface area contributed by atoms with Crippen molar-refractivity contribution in [2.45, 2.75) is 74.0 Å². The monoisotopic (exact) mass is 674 g/mol. The van der Waals surface area contributed by atoms with Crippen molar-refractivity contribution >= 4 is 21.8 Å². The maximum atomic E-state index is 13.0. The number of esters is 1. The van der Waals surface area contributed by atoms with Crippen LogP contribution in [-0.2, 0) is 9.84 Å². The first kappa shape index (κ1) is 36.0. The van der Waals surface area contributed by atoms with Crippen LogP contribution in [0.2, 0.25) is 0 Å². The minimum absolute atomic E-state index is 0.00137. The van der Waals surface area contributed by atoms with Gasteiger partial charge in [-0.3, -0.25) is 0 Å². The van der Waals surface area contributed by atoms with Gasteiger partial charge in [-0.05, 0) is 85.6 Å². The molecule has 4 aromatic rings. The number of phenols is 1. The molecule has 0 aliphatic carbocycles. The molecule has 0 radical (unpaired) electrons. The molecule has 4 aromatic carbocycles. The fourth-order valence-electron chi connectivity index (χ4n) is 5.05. The Labute approximate surface area is 282 Å². The molecule has 0 fully saturated rings. The van der Waals surface area contributed by atoms with Gasteiger partial charge in [0.25, 0.3) is 0 Å². The van der Waals surface area contributed by atoms with Crippen molar-refractivity contribution in [1.82, 2.24) is 0 Å². The smallest absolute Gasteiger partial charge is 0.343 e. The van der Waals surface area contributed by atoms with E-state index in [1.807, 2.05) is 0 Å². The van der Waals surface area contributed by atoms with E-state index in [1.165, 1.54) is 56.4 Å². The molecule has 0 aromatic heterocycles. The van der Waals surface area contributed by atoms with Gasteiger partial charge in [0.2, 0.25) is 9.84 Å². The van der Waals surface area contributed by atoms with Crippen LogP contribution in [0.15, 0.2) is 107 Å². The molecule has 0 heterocycles. The number of rotatable bonds is 20. The third kappa shape index (κ3) is 11.2. The Balaban J connectivity index is 1.04. The molecule has 9 nitrogen and oxygen atoms in total. The van der Waals surface area contributed by atoms with Gasteiger partial charge in [-0.15, -0.1) is 0 Å². The van der Waals surface area contributed by atoms with Crippen LogP contribution < -0.4 is 14.2 Å². The first-order chi connectivity index (χ1) is 23.2. The second-order valence-corrected chi connectivity index (χ2v) is 13.3. The second kappa shape index (κ2) is 18.5. The summed E-state index contributed by atoms with van der Waals surface area (Å²) in [5.41, 5.74) is 0.537. The Morgan fingerprint density at radius 3 is 1.52 bits per heavy atom. The SMILES string of the molecule is O=C(O)c1ccc(OCCCCCCCCCCCCOc2ccc(C(=O)Oc3ccc(O)c(S(=O)(=O)c4ccccc4)c3)cc2)cc1. The van der Waals surface area contributed by atoms with Gasteiger partial charge in [-0.25, -0.2) is 18.0 Å². The lowest BCUT2D eigenvalue weighted by Gasteiger charge is -2.10. The van der Waals surface area contributed by atoms with Crippen molar-refractivity contribution in [1.29, 1.82) is 0 Å². The number of benzene rings is 4. The van der Waals surface area contributed by atoms with E-state index in [0.29, 0.717) is 24.7 Å². The quantitative estimate of drug-likeness (QED) is 0.0537. The molecular weight excluding hydrogens is 632 g/mol. The molecule has 0 aliphatic heterocycles. The predicted molar refractivity (Wildman–Crippen MR) is 182 cm³/mol. The number of hydrogen-bond donors (Lipinski definition) is 2. The molecule has 0 unspecified atom stereocenters. The molecular formula is C38H42O9S. The van der Waals surface area contributed by atoms with E-state index in [-0.39, 0.29) is 26.7 Å². The Morgan fingerprint density at radius 1 is 0.562 bits per heavy atom. The van der Waals surface area contributed by atoms with E-state index in [9.17, 15) is 23.1 Å². The molecule has 4 rings (SSSR count). The van der Waals surface area contributed by atoms with Crippen molar-refractivity contribution in [2.24, 2.45) is 0 Å². The van der Waals surface area contributed by atoms with Crippen LogP contribution in [0.25, 0.3) is 0 Å². The number of aromatic hydroxyl groups is 1. The zero-order valence-corrected chi connectivity index (χ0v) is 27.7. The predicted octanol–water partition coefficient (Wildman–Crippen LogP) is 8.50. The standard InChI is InChI=1S/C38H42O9S/c39-35-25-24-33(28-36(35)48(43,44)34-14-10-9-11-15-34)47-38(42)30-18-22-32(23-19-30)46-27-13-8-6-4-2-1-3-5-7-12-26-45-31-20-16-29(17-21-31)37(40)41/h9-11,14-25,28,39H,1-8,12-13,26-27H2,(H,40,41). The van der Waals surface area contributed by atoms with E-state index in [1.54, 1.807) is 66.7 Å². The van der Waals surface area contributed by atoms with E-state index in [2.05, 4.69) is 0 Å². The summed E-state index contributed by atoms with van der Waals surface area (Å²) in [5, 5.41) is 19.1. The third-order valence-electron chi connectivity index (χ3n) is 7.75. The second-order valence-electron chi connectivity index (χ2n) is 11.4.